The molecular formula is C11H16. The smallest absolute Gasteiger partial charge is 0.0219 e. The van der Waals surface area contributed by atoms with Crippen LogP contribution in [0, 0.1) is 0 Å². The zero-order valence-electron chi connectivity index (χ0n) is 7.59. The summed E-state index contributed by atoms with van der Waals surface area (Å²) in [6.07, 6.45) is 1.14. The Kier molecular flexibility index (Phi) is 2.70. The molecule has 0 radical (unpaired) electrons. The lowest BCUT2D eigenvalue weighted by molar-refractivity contribution is 0.865. The lowest BCUT2D eigenvalue weighted by Gasteiger charge is -2.04. The fourth-order valence-corrected chi connectivity index (χ4v) is 1.14. The monoisotopic (exact) mass is 148 g/mol. The largest absolute Gasteiger partial charge is 0.0613 e. The van der Waals surface area contributed by atoms with Crippen LogP contribution in [0.4, 0.5) is 0 Å². The molecule has 0 unspecified atom stereocenters. The third-order valence-corrected chi connectivity index (χ3v) is 2.05. The van der Waals surface area contributed by atoms with Crippen molar-refractivity contribution in [3.05, 3.63) is 35.4 Å². The molecule has 0 atom stereocenters. The highest BCUT2D eigenvalue weighted by Crippen LogP contribution is 2.14. The summed E-state index contributed by atoms with van der Waals surface area (Å²) < 4.78 is 0. The van der Waals surface area contributed by atoms with Gasteiger partial charge in [0.25, 0.3) is 0 Å². The minimum absolute atomic E-state index is 0.654. The van der Waals surface area contributed by atoms with Crippen molar-refractivity contribution in [3.63, 3.8) is 0 Å². The molecule has 0 spiro atoms. The van der Waals surface area contributed by atoms with Gasteiger partial charge < -0.3 is 0 Å². The van der Waals surface area contributed by atoms with Gasteiger partial charge in [-0.15, -0.1) is 0 Å². The van der Waals surface area contributed by atoms with Crippen LogP contribution < -0.4 is 0 Å². The third-order valence-electron chi connectivity index (χ3n) is 2.05. The minimum atomic E-state index is 0.654. The van der Waals surface area contributed by atoms with Gasteiger partial charge in [-0.05, 0) is 23.5 Å². The van der Waals surface area contributed by atoms with E-state index in [1.807, 2.05) is 0 Å². The van der Waals surface area contributed by atoms with E-state index in [4.69, 9.17) is 0 Å². The van der Waals surface area contributed by atoms with Gasteiger partial charge >= 0.3 is 0 Å². The summed E-state index contributed by atoms with van der Waals surface area (Å²) in [6.45, 7) is 6.63. The second-order valence-electron chi connectivity index (χ2n) is 3.25. The Bertz CT molecular complexity index is 206. The minimum Gasteiger partial charge on any atom is -0.0613 e. The summed E-state index contributed by atoms with van der Waals surface area (Å²) in [4.78, 5) is 0. The van der Waals surface area contributed by atoms with Gasteiger partial charge in [0.15, 0.2) is 0 Å². The van der Waals surface area contributed by atoms with E-state index < -0.39 is 0 Å². The van der Waals surface area contributed by atoms with Gasteiger partial charge in [0.2, 0.25) is 0 Å². The Morgan fingerprint density at radius 3 is 2.00 bits per heavy atom. The van der Waals surface area contributed by atoms with E-state index in [-0.39, 0.29) is 0 Å². The van der Waals surface area contributed by atoms with Crippen molar-refractivity contribution in [3.8, 4) is 0 Å². The number of hydrogen-bond donors (Lipinski definition) is 0. The first-order chi connectivity index (χ1) is 5.24. The maximum Gasteiger partial charge on any atom is -0.0219 e. The van der Waals surface area contributed by atoms with Crippen LogP contribution in [-0.2, 0) is 6.42 Å². The first-order valence-corrected chi connectivity index (χ1v) is 4.33. The molecule has 1 aromatic carbocycles. The normalized spacial score (nSPS) is 10.5. The SMILES string of the molecule is CCc1ccc(C(C)C)cc1. The number of aryl methyl sites for hydroxylation is 1. The molecule has 1 aromatic rings. The summed E-state index contributed by atoms with van der Waals surface area (Å²) in [7, 11) is 0. The van der Waals surface area contributed by atoms with E-state index in [1.165, 1.54) is 11.1 Å². The van der Waals surface area contributed by atoms with E-state index in [1.54, 1.807) is 0 Å². The fourth-order valence-electron chi connectivity index (χ4n) is 1.14. The standard InChI is InChI=1S/C11H16/c1-4-10-5-7-11(8-6-10)9(2)3/h5-9H,4H2,1-3H3. The van der Waals surface area contributed by atoms with Crippen molar-refractivity contribution in [2.24, 2.45) is 0 Å². The highest BCUT2D eigenvalue weighted by Gasteiger charge is 1.96. The molecule has 0 saturated heterocycles. The molecule has 0 aromatic heterocycles. The van der Waals surface area contributed by atoms with Crippen LogP contribution in [0.15, 0.2) is 24.3 Å². The summed E-state index contributed by atoms with van der Waals surface area (Å²) in [5, 5.41) is 0. The number of rotatable bonds is 2. The summed E-state index contributed by atoms with van der Waals surface area (Å²) in [5.74, 6) is 0.654. The van der Waals surface area contributed by atoms with Gasteiger partial charge in [0.1, 0.15) is 0 Å². The summed E-state index contributed by atoms with van der Waals surface area (Å²) in [6, 6.07) is 8.89. The van der Waals surface area contributed by atoms with Crippen LogP contribution in [0.1, 0.15) is 37.8 Å². The molecule has 0 amide bonds. The van der Waals surface area contributed by atoms with Gasteiger partial charge in [0.05, 0.1) is 0 Å². The lowest BCUT2D eigenvalue weighted by Crippen LogP contribution is -1.87. The quantitative estimate of drug-likeness (QED) is 0.603. The molecule has 0 heteroatoms. The second-order valence-corrected chi connectivity index (χ2v) is 3.25. The van der Waals surface area contributed by atoms with Crippen LogP contribution in [0.2, 0.25) is 0 Å². The molecule has 60 valence electrons. The number of hydrogen-bond acceptors (Lipinski definition) is 0. The van der Waals surface area contributed by atoms with Crippen molar-refractivity contribution in [2.45, 2.75) is 33.1 Å². The molecular weight excluding hydrogens is 132 g/mol. The highest BCUT2D eigenvalue weighted by molar-refractivity contribution is 5.24. The van der Waals surface area contributed by atoms with Crippen LogP contribution >= 0.6 is 0 Å². The van der Waals surface area contributed by atoms with E-state index in [0.717, 1.165) is 6.42 Å². The van der Waals surface area contributed by atoms with Crippen LogP contribution in [-0.4, -0.2) is 0 Å². The Labute approximate surface area is 69.3 Å². The van der Waals surface area contributed by atoms with Gasteiger partial charge in [-0.25, -0.2) is 0 Å². The topological polar surface area (TPSA) is 0 Å². The van der Waals surface area contributed by atoms with Gasteiger partial charge in [-0.1, -0.05) is 45.0 Å². The fraction of sp³-hybridized carbons (Fsp3) is 0.455. The van der Waals surface area contributed by atoms with Crippen LogP contribution in [0.3, 0.4) is 0 Å². The average Bonchev–Trinajstić information content (AvgIpc) is 2.05. The molecule has 0 aliphatic rings. The zero-order valence-corrected chi connectivity index (χ0v) is 7.59. The Morgan fingerprint density at radius 1 is 1.09 bits per heavy atom. The predicted molar refractivity (Wildman–Crippen MR) is 49.9 cm³/mol. The molecule has 0 aliphatic carbocycles. The van der Waals surface area contributed by atoms with E-state index >= 15 is 0 Å². The molecule has 1 rings (SSSR count). The molecule has 0 fully saturated rings. The summed E-state index contributed by atoms with van der Waals surface area (Å²) >= 11 is 0. The maximum absolute atomic E-state index is 2.23. The van der Waals surface area contributed by atoms with Gasteiger partial charge in [0, 0.05) is 0 Å². The first-order valence-electron chi connectivity index (χ1n) is 4.33. The van der Waals surface area contributed by atoms with E-state index in [0.29, 0.717) is 5.92 Å². The number of benzene rings is 1. The van der Waals surface area contributed by atoms with Crippen molar-refractivity contribution in [2.75, 3.05) is 0 Å². The van der Waals surface area contributed by atoms with E-state index in [9.17, 15) is 0 Å². The molecule has 0 aliphatic heterocycles. The molecule has 0 N–H and O–H groups in total. The Hall–Kier alpha value is -0.780. The van der Waals surface area contributed by atoms with Gasteiger partial charge in [-0.2, -0.15) is 0 Å². The average molecular weight is 148 g/mol. The molecule has 0 heterocycles. The Balaban J connectivity index is 2.83. The van der Waals surface area contributed by atoms with Crippen molar-refractivity contribution >= 4 is 0 Å². The van der Waals surface area contributed by atoms with Crippen LogP contribution in [0.5, 0.6) is 0 Å². The third kappa shape index (κ3) is 2.07. The predicted octanol–water partition coefficient (Wildman–Crippen LogP) is 3.37. The molecule has 0 saturated carbocycles. The van der Waals surface area contributed by atoms with Crippen molar-refractivity contribution < 1.29 is 0 Å². The molecule has 0 nitrogen and oxygen atoms in total. The van der Waals surface area contributed by atoms with Crippen molar-refractivity contribution in [1.29, 1.82) is 0 Å². The van der Waals surface area contributed by atoms with Crippen molar-refractivity contribution in [1.82, 2.24) is 0 Å². The van der Waals surface area contributed by atoms with Crippen LogP contribution in [0.25, 0.3) is 0 Å². The first kappa shape index (κ1) is 8.32. The molecule has 11 heavy (non-hydrogen) atoms. The lowest BCUT2D eigenvalue weighted by atomic mass is 10.0. The second kappa shape index (κ2) is 3.56. The van der Waals surface area contributed by atoms with Gasteiger partial charge in [-0.3, -0.25) is 0 Å². The zero-order chi connectivity index (χ0) is 8.27. The highest BCUT2D eigenvalue weighted by atomic mass is 14.0. The molecule has 0 bridgehead atoms. The summed E-state index contributed by atoms with van der Waals surface area (Å²) in [5.41, 5.74) is 2.86. The van der Waals surface area contributed by atoms with E-state index in [2.05, 4.69) is 45.0 Å². The maximum atomic E-state index is 2.23. The Morgan fingerprint density at radius 2 is 1.64 bits per heavy atom.